The van der Waals surface area contributed by atoms with Gasteiger partial charge in [0.1, 0.15) is 5.82 Å². The molecule has 1 aliphatic carbocycles. The van der Waals surface area contributed by atoms with E-state index in [0.717, 1.165) is 18.4 Å². The minimum atomic E-state index is -0.337. The fraction of sp³-hybridized carbons (Fsp3) is 0.409. The molecule has 0 aromatic heterocycles. The van der Waals surface area contributed by atoms with Crippen LogP contribution in [0.4, 0.5) is 4.39 Å². The number of ether oxygens (including phenoxy) is 3. The second kappa shape index (κ2) is 8.95. The molecule has 6 heteroatoms. The Morgan fingerprint density at radius 3 is 2.25 bits per heavy atom. The Morgan fingerprint density at radius 1 is 1.07 bits per heavy atom. The van der Waals surface area contributed by atoms with Crippen LogP contribution in [-0.2, 0) is 17.6 Å². The molecule has 150 valence electrons. The first-order chi connectivity index (χ1) is 13.6. The molecule has 2 aromatic rings. The maximum absolute atomic E-state index is 13.9. The van der Waals surface area contributed by atoms with Crippen molar-refractivity contribution in [2.45, 2.75) is 31.7 Å². The summed E-state index contributed by atoms with van der Waals surface area (Å²) in [4.78, 5) is 14.7. The predicted molar refractivity (Wildman–Crippen MR) is 105 cm³/mol. The first-order valence-corrected chi connectivity index (χ1v) is 9.39. The molecule has 0 unspecified atom stereocenters. The van der Waals surface area contributed by atoms with Gasteiger partial charge < -0.3 is 19.1 Å². The average molecular weight is 387 g/mol. The van der Waals surface area contributed by atoms with E-state index in [1.807, 2.05) is 17.0 Å². The van der Waals surface area contributed by atoms with Crippen LogP contribution >= 0.6 is 0 Å². The van der Waals surface area contributed by atoms with Gasteiger partial charge in [-0.3, -0.25) is 4.79 Å². The van der Waals surface area contributed by atoms with Crippen LogP contribution in [0.5, 0.6) is 17.2 Å². The Balaban J connectivity index is 1.72. The van der Waals surface area contributed by atoms with Crippen LogP contribution in [0.1, 0.15) is 24.0 Å². The van der Waals surface area contributed by atoms with Gasteiger partial charge in [-0.1, -0.05) is 18.2 Å². The Hall–Kier alpha value is -2.76. The molecular formula is C22H26FNO4. The largest absolute Gasteiger partial charge is 0.493 e. The third-order valence-electron chi connectivity index (χ3n) is 4.97. The van der Waals surface area contributed by atoms with E-state index in [4.69, 9.17) is 14.2 Å². The zero-order chi connectivity index (χ0) is 20.1. The minimum Gasteiger partial charge on any atom is -0.493 e. The van der Waals surface area contributed by atoms with Crippen molar-refractivity contribution in [3.8, 4) is 17.2 Å². The van der Waals surface area contributed by atoms with E-state index < -0.39 is 0 Å². The SMILES string of the molecule is COc1cc(CCN(C(=O)Cc2ccccc2F)C2CC2)cc(OC)c1OC. The molecule has 3 rings (SSSR count). The number of methoxy groups -OCH3 is 3. The van der Waals surface area contributed by atoms with Gasteiger partial charge in [0.05, 0.1) is 27.8 Å². The second-order valence-electron chi connectivity index (χ2n) is 6.87. The molecule has 5 nitrogen and oxygen atoms in total. The molecule has 2 aromatic carbocycles. The fourth-order valence-electron chi connectivity index (χ4n) is 3.33. The predicted octanol–water partition coefficient (Wildman–Crippen LogP) is 3.63. The van der Waals surface area contributed by atoms with Crippen molar-refractivity contribution in [2.24, 2.45) is 0 Å². The second-order valence-corrected chi connectivity index (χ2v) is 6.87. The van der Waals surface area contributed by atoms with Gasteiger partial charge in [-0.15, -0.1) is 0 Å². The number of hydrogen-bond donors (Lipinski definition) is 0. The van der Waals surface area contributed by atoms with Gasteiger partial charge in [-0.25, -0.2) is 4.39 Å². The summed E-state index contributed by atoms with van der Waals surface area (Å²) in [7, 11) is 4.72. The molecule has 0 heterocycles. The van der Waals surface area contributed by atoms with Crippen LogP contribution in [0.25, 0.3) is 0 Å². The molecule has 0 radical (unpaired) electrons. The number of amides is 1. The van der Waals surface area contributed by atoms with Crippen molar-refractivity contribution >= 4 is 5.91 Å². The quantitative estimate of drug-likeness (QED) is 0.659. The van der Waals surface area contributed by atoms with E-state index >= 15 is 0 Å². The average Bonchev–Trinajstić information content (AvgIpc) is 3.54. The van der Waals surface area contributed by atoms with E-state index in [1.165, 1.54) is 6.07 Å². The lowest BCUT2D eigenvalue weighted by Crippen LogP contribution is -2.36. The molecule has 0 N–H and O–H groups in total. The van der Waals surface area contributed by atoms with E-state index in [-0.39, 0.29) is 24.2 Å². The van der Waals surface area contributed by atoms with Crippen molar-refractivity contribution < 1.29 is 23.4 Å². The van der Waals surface area contributed by atoms with E-state index in [9.17, 15) is 9.18 Å². The van der Waals surface area contributed by atoms with E-state index in [2.05, 4.69) is 0 Å². The molecule has 1 amide bonds. The molecular weight excluding hydrogens is 361 g/mol. The smallest absolute Gasteiger partial charge is 0.227 e. The Morgan fingerprint density at radius 2 is 1.71 bits per heavy atom. The maximum atomic E-state index is 13.9. The highest BCUT2D eigenvalue weighted by molar-refractivity contribution is 5.79. The van der Waals surface area contributed by atoms with Gasteiger partial charge >= 0.3 is 0 Å². The normalized spacial score (nSPS) is 13.1. The summed E-state index contributed by atoms with van der Waals surface area (Å²) < 4.78 is 30.1. The van der Waals surface area contributed by atoms with Crippen LogP contribution in [0, 0.1) is 5.82 Å². The highest BCUT2D eigenvalue weighted by Gasteiger charge is 2.32. The molecule has 0 bridgehead atoms. The van der Waals surface area contributed by atoms with Crippen LogP contribution in [-0.4, -0.2) is 44.7 Å². The summed E-state index contributed by atoms with van der Waals surface area (Å²) in [6.07, 6.45) is 2.73. The number of hydrogen-bond acceptors (Lipinski definition) is 4. The van der Waals surface area contributed by atoms with Gasteiger partial charge in [-0.05, 0) is 48.6 Å². The lowest BCUT2D eigenvalue weighted by molar-refractivity contribution is -0.131. The number of nitrogens with zero attached hydrogens (tertiary/aromatic N) is 1. The molecule has 1 aliphatic rings. The number of benzene rings is 2. The van der Waals surface area contributed by atoms with Crippen molar-refractivity contribution in [3.05, 3.63) is 53.3 Å². The van der Waals surface area contributed by atoms with E-state index in [1.54, 1.807) is 39.5 Å². The third-order valence-corrected chi connectivity index (χ3v) is 4.97. The van der Waals surface area contributed by atoms with Gasteiger partial charge in [-0.2, -0.15) is 0 Å². The highest BCUT2D eigenvalue weighted by atomic mass is 19.1. The molecule has 1 fully saturated rings. The molecule has 0 spiro atoms. The molecule has 28 heavy (non-hydrogen) atoms. The number of carbonyl (C=O) groups excluding carboxylic acids is 1. The lowest BCUT2D eigenvalue weighted by Gasteiger charge is -2.23. The summed E-state index contributed by atoms with van der Waals surface area (Å²) in [5, 5.41) is 0. The third kappa shape index (κ3) is 4.55. The van der Waals surface area contributed by atoms with Crippen molar-refractivity contribution in [3.63, 3.8) is 0 Å². The highest BCUT2D eigenvalue weighted by Crippen LogP contribution is 2.38. The zero-order valence-corrected chi connectivity index (χ0v) is 16.5. The van der Waals surface area contributed by atoms with Crippen LogP contribution in [0.3, 0.4) is 0 Å². The van der Waals surface area contributed by atoms with Gasteiger partial charge in [0.15, 0.2) is 11.5 Å². The summed E-state index contributed by atoms with van der Waals surface area (Å²) >= 11 is 0. The van der Waals surface area contributed by atoms with Crippen LogP contribution in [0.15, 0.2) is 36.4 Å². The number of rotatable bonds is 9. The molecule has 0 atom stereocenters. The van der Waals surface area contributed by atoms with Gasteiger partial charge in [0, 0.05) is 12.6 Å². The standard InChI is InChI=1S/C22H26FNO4/c1-26-19-12-15(13-20(27-2)22(19)28-3)10-11-24(17-8-9-17)21(25)14-16-6-4-5-7-18(16)23/h4-7,12-13,17H,8-11,14H2,1-3H3. The molecule has 0 aliphatic heterocycles. The first kappa shape index (κ1) is 20.0. The van der Waals surface area contributed by atoms with Crippen molar-refractivity contribution in [2.75, 3.05) is 27.9 Å². The summed E-state index contributed by atoms with van der Waals surface area (Å²) in [5.41, 5.74) is 1.42. The minimum absolute atomic E-state index is 0.0416. The first-order valence-electron chi connectivity index (χ1n) is 9.39. The molecule has 0 saturated heterocycles. The summed E-state index contributed by atoms with van der Waals surface area (Å²) in [5.74, 6) is 1.35. The fourth-order valence-corrected chi connectivity index (χ4v) is 3.33. The monoisotopic (exact) mass is 387 g/mol. The summed E-state index contributed by atoms with van der Waals surface area (Å²) in [6.45, 7) is 0.566. The number of halogens is 1. The maximum Gasteiger partial charge on any atom is 0.227 e. The topological polar surface area (TPSA) is 48.0 Å². The lowest BCUT2D eigenvalue weighted by atomic mass is 10.1. The van der Waals surface area contributed by atoms with Gasteiger partial charge in [0.2, 0.25) is 11.7 Å². The van der Waals surface area contributed by atoms with Gasteiger partial charge in [0.25, 0.3) is 0 Å². The summed E-state index contributed by atoms with van der Waals surface area (Å²) in [6, 6.07) is 10.5. The zero-order valence-electron chi connectivity index (χ0n) is 16.5. The Labute approximate surface area is 165 Å². The van der Waals surface area contributed by atoms with Crippen LogP contribution in [0.2, 0.25) is 0 Å². The van der Waals surface area contributed by atoms with E-state index in [0.29, 0.717) is 35.8 Å². The van der Waals surface area contributed by atoms with Crippen molar-refractivity contribution in [1.82, 2.24) is 4.90 Å². The molecule has 1 saturated carbocycles. The van der Waals surface area contributed by atoms with Crippen molar-refractivity contribution in [1.29, 1.82) is 0 Å². The Kier molecular flexibility index (Phi) is 6.39. The Bertz CT molecular complexity index is 810. The van der Waals surface area contributed by atoms with Crippen LogP contribution < -0.4 is 14.2 Å². The number of carbonyl (C=O) groups is 1.